The van der Waals surface area contributed by atoms with Crippen LogP contribution in [0, 0.1) is 5.41 Å². The zero-order chi connectivity index (χ0) is 28.2. The third-order valence-corrected chi connectivity index (χ3v) is 8.01. The van der Waals surface area contributed by atoms with Gasteiger partial charge < -0.3 is 30.0 Å². The minimum atomic E-state index is -0.822. The molecule has 2 aromatic carbocycles. The van der Waals surface area contributed by atoms with E-state index in [-0.39, 0.29) is 23.2 Å². The maximum absolute atomic E-state index is 13.6. The van der Waals surface area contributed by atoms with Crippen LogP contribution in [0.1, 0.15) is 69.0 Å². The molecule has 9 heteroatoms. The van der Waals surface area contributed by atoms with Gasteiger partial charge in [-0.05, 0) is 66.0 Å². The zero-order valence-electron chi connectivity index (χ0n) is 23.1. The van der Waals surface area contributed by atoms with Gasteiger partial charge in [-0.3, -0.25) is 14.4 Å². The number of rotatable bonds is 9. The third kappa shape index (κ3) is 5.97. The van der Waals surface area contributed by atoms with Crippen LogP contribution >= 0.6 is 0 Å². The van der Waals surface area contributed by atoms with E-state index in [0.29, 0.717) is 47.9 Å². The minimum absolute atomic E-state index is 0.0699. The van der Waals surface area contributed by atoms with Crippen molar-refractivity contribution in [2.75, 3.05) is 33.2 Å². The Morgan fingerprint density at radius 3 is 2.36 bits per heavy atom. The molecule has 0 spiro atoms. The first-order valence-corrected chi connectivity index (χ1v) is 13.4. The molecule has 2 aromatic rings. The molecular weight excluding hydrogens is 500 g/mol. The van der Waals surface area contributed by atoms with Crippen LogP contribution in [0.25, 0.3) is 11.1 Å². The molecule has 4 rings (SSSR count). The van der Waals surface area contributed by atoms with Gasteiger partial charge in [0.1, 0.15) is 0 Å². The minimum Gasteiger partial charge on any atom is -0.493 e. The summed E-state index contributed by atoms with van der Waals surface area (Å²) in [7, 11) is 4.68. The van der Waals surface area contributed by atoms with Gasteiger partial charge in [-0.1, -0.05) is 25.3 Å². The van der Waals surface area contributed by atoms with E-state index in [0.717, 1.165) is 48.8 Å². The Bertz CT molecular complexity index is 1300. The number of nitrogens with one attached hydrogen (secondary N) is 2. The lowest BCUT2D eigenvalue weighted by atomic mass is 9.71. The van der Waals surface area contributed by atoms with Gasteiger partial charge in [-0.25, -0.2) is 0 Å². The van der Waals surface area contributed by atoms with Crippen molar-refractivity contribution in [3.05, 3.63) is 45.6 Å². The van der Waals surface area contributed by atoms with Gasteiger partial charge >= 0.3 is 5.97 Å². The van der Waals surface area contributed by atoms with E-state index < -0.39 is 12.0 Å². The van der Waals surface area contributed by atoms with E-state index in [1.54, 1.807) is 33.5 Å². The Hall–Kier alpha value is -3.75. The summed E-state index contributed by atoms with van der Waals surface area (Å²) in [5, 5.41) is 15.9. The average Bonchev–Trinajstić information content (AvgIpc) is 3.15. The predicted octanol–water partition coefficient (Wildman–Crippen LogP) is 4.70. The van der Waals surface area contributed by atoms with E-state index >= 15 is 0 Å². The SMILES string of the molecule is COc1cc2c(c(OC)c1OC)-c1ccc(NCC3(CC(=O)O)CCCCC3)c(=O)cc1[C@@H](NC(C)=O)CC2. The van der Waals surface area contributed by atoms with Crippen molar-refractivity contribution in [3.63, 3.8) is 0 Å². The quantitative estimate of drug-likeness (QED) is 0.420. The fourth-order valence-electron chi connectivity index (χ4n) is 6.18. The highest BCUT2D eigenvalue weighted by Crippen LogP contribution is 2.50. The van der Waals surface area contributed by atoms with Crippen molar-refractivity contribution in [2.24, 2.45) is 5.41 Å². The van der Waals surface area contributed by atoms with Crippen molar-refractivity contribution in [1.29, 1.82) is 0 Å². The molecule has 210 valence electrons. The van der Waals surface area contributed by atoms with Gasteiger partial charge in [-0.15, -0.1) is 0 Å². The fourth-order valence-corrected chi connectivity index (χ4v) is 6.18. The second-order valence-electron chi connectivity index (χ2n) is 10.6. The van der Waals surface area contributed by atoms with Crippen LogP contribution in [0.15, 0.2) is 29.1 Å². The van der Waals surface area contributed by atoms with Crippen LogP contribution in [0.2, 0.25) is 0 Å². The fraction of sp³-hybridized carbons (Fsp3) is 0.500. The van der Waals surface area contributed by atoms with Gasteiger partial charge in [0.2, 0.25) is 17.1 Å². The Labute approximate surface area is 228 Å². The number of carbonyl (C=O) groups is 2. The van der Waals surface area contributed by atoms with Gasteiger partial charge in [0.15, 0.2) is 11.5 Å². The lowest BCUT2D eigenvalue weighted by Gasteiger charge is -2.36. The molecule has 2 aliphatic carbocycles. The van der Waals surface area contributed by atoms with Crippen LogP contribution in [-0.2, 0) is 16.0 Å². The largest absolute Gasteiger partial charge is 0.493 e. The molecule has 0 aromatic heterocycles. The second-order valence-corrected chi connectivity index (χ2v) is 10.6. The normalized spacial score (nSPS) is 17.6. The number of anilines is 1. The van der Waals surface area contributed by atoms with Crippen molar-refractivity contribution in [1.82, 2.24) is 5.32 Å². The zero-order valence-corrected chi connectivity index (χ0v) is 23.1. The summed E-state index contributed by atoms with van der Waals surface area (Å²) in [6.07, 6.45) is 5.95. The number of carboxylic acids is 1. The van der Waals surface area contributed by atoms with Crippen molar-refractivity contribution < 1.29 is 28.9 Å². The summed E-state index contributed by atoms with van der Waals surface area (Å²) in [6.45, 7) is 1.87. The van der Waals surface area contributed by atoms with E-state index in [1.807, 2.05) is 12.1 Å². The molecule has 1 atom stereocenters. The third-order valence-electron chi connectivity index (χ3n) is 8.01. The molecule has 2 aliphatic rings. The van der Waals surface area contributed by atoms with Crippen LogP contribution < -0.4 is 30.3 Å². The number of aryl methyl sites for hydroxylation is 1. The number of hydrogen-bond acceptors (Lipinski definition) is 7. The van der Waals surface area contributed by atoms with Gasteiger partial charge in [0.05, 0.1) is 39.5 Å². The number of hydrogen-bond donors (Lipinski definition) is 3. The maximum Gasteiger partial charge on any atom is 0.303 e. The Kier molecular flexibility index (Phi) is 8.67. The molecule has 0 bridgehead atoms. The van der Waals surface area contributed by atoms with Crippen molar-refractivity contribution >= 4 is 17.6 Å². The lowest BCUT2D eigenvalue weighted by molar-refractivity contribution is -0.140. The number of carbonyl (C=O) groups excluding carboxylic acids is 1. The number of aliphatic carboxylic acids is 1. The summed E-state index contributed by atoms with van der Waals surface area (Å²) in [5.74, 6) is 0.466. The molecule has 0 unspecified atom stereocenters. The monoisotopic (exact) mass is 538 g/mol. The van der Waals surface area contributed by atoms with E-state index in [2.05, 4.69) is 10.6 Å². The lowest BCUT2D eigenvalue weighted by Crippen LogP contribution is -2.35. The molecule has 0 saturated heterocycles. The van der Waals surface area contributed by atoms with Crippen LogP contribution in [0.5, 0.6) is 17.2 Å². The highest BCUT2D eigenvalue weighted by Gasteiger charge is 2.35. The maximum atomic E-state index is 13.6. The first-order chi connectivity index (χ1) is 18.7. The van der Waals surface area contributed by atoms with Crippen molar-refractivity contribution in [3.8, 4) is 28.4 Å². The molecule has 0 heterocycles. The molecule has 0 aliphatic heterocycles. The highest BCUT2D eigenvalue weighted by molar-refractivity contribution is 5.83. The Morgan fingerprint density at radius 2 is 1.74 bits per heavy atom. The first kappa shape index (κ1) is 28.3. The molecule has 1 fully saturated rings. The molecule has 9 nitrogen and oxygen atoms in total. The number of carboxylic acid groups (broad SMARTS) is 1. The molecular formula is C30H38N2O7. The number of methoxy groups -OCH3 is 3. The standard InChI is InChI=1S/C30H38N2O7/c1-18(33)32-22-10-8-19-14-25(37-2)28(38-3)29(39-4)27(19)20-9-11-23(24(34)15-21(20)22)31-17-30(16-26(35)36)12-6-5-7-13-30/h9,11,14-15,22H,5-8,10,12-13,16-17H2,1-4H3,(H,31,34)(H,32,33)(H,35,36)/t22-/m0/s1. The van der Waals surface area contributed by atoms with Gasteiger partial charge in [-0.2, -0.15) is 0 Å². The Balaban J connectivity index is 1.85. The molecule has 39 heavy (non-hydrogen) atoms. The van der Waals surface area contributed by atoms with Gasteiger partial charge in [0.25, 0.3) is 0 Å². The van der Waals surface area contributed by atoms with Gasteiger partial charge in [0, 0.05) is 19.0 Å². The first-order valence-electron chi connectivity index (χ1n) is 13.4. The van der Waals surface area contributed by atoms with Crippen molar-refractivity contribution in [2.45, 2.75) is 64.3 Å². The van der Waals surface area contributed by atoms with E-state index in [1.165, 1.54) is 6.92 Å². The topological polar surface area (TPSA) is 123 Å². The van der Waals surface area contributed by atoms with Crippen LogP contribution in [-0.4, -0.2) is 44.9 Å². The number of amides is 1. The summed E-state index contributed by atoms with van der Waals surface area (Å²) in [6, 6.07) is 6.72. The summed E-state index contributed by atoms with van der Waals surface area (Å²) in [5.41, 5.74) is 2.95. The molecule has 3 N–H and O–H groups in total. The molecule has 1 saturated carbocycles. The van der Waals surface area contributed by atoms with E-state index in [9.17, 15) is 19.5 Å². The number of ether oxygens (including phenoxy) is 3. The molecule has 1 amide bonds. The predicted molar refractivity (Wildman–Crippen MR) is 149 cm³/mol. The summed E-state index contributed by atoms with van der Waals surface area (Å²) >= 11 is 0. The average molecular weight is 539 g/mol. The number of fused-ring (bicyclic) bond motifs is 3. The summed E-state index contributed by atoms with van der Waals surface area (Å²) < 4.78 is 17.1. The Morgan fingerprint density at radius 1 is 1.03 bits per heavy atom. The van der Waals surface area contributed by atoms with E-state index in [4.69, 9.17) is 14.2 Å². The highest BCUT2D eigenvalue weighted by atomic mass is 16.5. The number of benzene rings is 1. The second kappa shape index (κ2) is 12.0. The summed E-state index contributed by atoms with van der Waals surface area (Å²) in [4.78, 5) is 37.4. The van der Waals surface area contributed by atoms with Crippen LogP contribution in [0.3, 0.4) is 0 Å². The molecule has 0 radical (unpaired) electrons. The smallest absolute Gasteiger partial charge is 0.303 e. The van der Waals surface area contributed by atoms with Crippen LogP contribution in [0.4, 0.5) is 5.69 Å².